The third kappa shape index (κ3) is 2.49. The lowest BCUT2D eigenvalue weighted by molar-refractivity contribution is -0.135. The van der Waals surface area contributed by atoms with Gasteiger partial charge in [-0.2, -0.15) is 0 Å². The lowest BCUT2D eigenvalue weighted by Crippen LogP contribution is -2.48. The summed E-state index contributed by atoms with van der Waals surface area (Å²) in [6, 6.07) is 0.0871. The maximum atomic E-state index is 12.0. The lowest BCUT2D eigenvalue weighted by atomic mass is 10.1. The number of likely N-dealkylation sites (tertiary alicyclic amines) is 1. The molecule has 0 aromatic heterocycles. The van der Waals surface area contributed by atoms with Crippen LogP contribution >= 0.6 is 0 Å². The van der Waals surface area contributed by atoms with E-state index in [4.69, 9.17) is 4.74 Å². The van der Waals surface area contributed by atoms with Crippen molar-refractivity contribution in [1.82, 2.24) is 10.2 Å². The van der Waals surface area contributed by atoms with Gasteiger partial charge in [-0.3, -0.25) is 4.79 Å². The number of hydrogen-bond acceptors (Lipinski definition) is 3. The van der Waals surface area contributed by atoms with E-state index in [0.717, 1.165) is 45.3 Å². The van der Waals surface area contributed by atoms with Crippen molar-refractivity contribution in [3.63, 3.8) is 0 Å². The Kier molecular flexibility index (Phi) is 3.59. The predicted molar refractivity (Wildman–Crippen MR) is 57.6 cm³/mol. The molecule has 0 saturated carbocycles. The Bertz CT molecular complexity index is 219. The maximum absolute atomic E-state index is 12.0. The van der Waals surface area contributed by atoms with Crippen LogP contribution in [-0.2, 0) is 9.53 Å². The molecule has 4 nitrogen and oxygen atoms in total. The van der Waals surface area contributed by atoms with Gasteiger partial charge in [0.05, 0.1) is 12.1 Å². The molecule has 86 valence electrons. The van der Waals surface area contributed by atoms with Crippen LogP contribution in [-0.4, -0.2) is 49.7 Å². The first kappa shape index (κ1) is 10.9. The summed E-state index contributed by atoms with van der Waals surface area (Å²) in [5, 5.41) is 3.26. The van der Waals surface area contributed by atoms with Gasteiger partial charge in [-0.25, -0.2) is 0 Å². The summed E-state index contributed by atoms with van der Waals surface area (Å²) in [6.45, 7) is 2.70. The quantitative estimate of drug-likeness (QED) is 0.719. The van der Waals surface area contributed by atoms with Gasteiger partial charge in [-0.1, -0.05) is 0 Å². The molecule has 0 radical (unpaired) electrons. The number of methoxy groups -OCH3 is 1. The van der Waals surface area contributed by atoms with Crippen LogP contribution in [0.3, 0.4) is 0 Å². The number of rotatable bonds is 2. The smallest absolute Gasteiger partial charge is 0.239 e. The highest BCUT2D eigenvalue weighted by molar-refractivity contribution is 5.82. The Morgan fingerprint density at radius 3 is 2.60 bits per heavy atom. The Morgan fingerprint density at radius 2 is 2.07 bits per heavy atom. The number of nitrogens with one attached hydrogen (secondary N) is 1. The van der Waals surface area contributed by atoms with Gasteiger partial charge >= 0.3 is 0 Å². The van der Waals surface area contributed by atoms with E-state index in [-0.39, 0.29) is 6.04 Å². The molecule has 2 saturated heterocycles. The molecule has 1 atom stereocenters. The van der Waals surface area contributed by atoms with Crippen molar-refractivity contribution in [2.45, 2.75) is 37.8 Å². The topological polar surface area (TPSA) is 41.6 Å². The fourth-order valence-electron chi connectivity index (χ4n) is 2.43. The van der Waals surface area contributed by atoms with E-state index in [1.807, 2.05) is 4.90 Å². The second kappa shape index (κ2) is 4.94. The summed E-state index contributed by atoms with van der Waals surface area (Å²) in [5.74, 6) is 0.294. The number of carbonyl (C=O) groups excluding carboxylic acids is 1. The Hall–Kier alpha value is -0.610. The van der Waals surface area contributed by atoms with Gasteiger partial charge in [0.15, 0.2) is 0 Å². The highest BCUT2D eigenvalue weighted by Crippen LogP contribution is 2.16. The van der Waals surface area contributed by atoms with Crippen LogP contribution in [0.25, 0.3) is 0 Å². The number of carbonyl (C=O) groups is 1. The van der Waals surface area contributed by atoms with Crippen LogP contribution < -0.4 is 5.32 Å². The highest BCUT2D eigenvalue weighted by atomic mass is 16.5. The van der Waals surface area contributed by atoms with Crippen LogP contribution in [0.15, 0.2) is 0 Å². The van der Waals surface area contributed by atoms with Gasteiger partial charge in [-0.15, -0.1) is 0 Å². The molecule has 0 spiro atoms. The van der Waals surface area contributed by atoms with Crippen LogP contribution in [0.5, 0.6) is 0 Å². The van der Waals surface area contributed by atoms with E-state index in [9.17, 15) is 4.79 Å². The van der Waals surface area contributed by atoms with Gasteiger partial charge in [0, 0.05) is 20.2 Å². The predicted octanol–water partition coefficient (Wildman–Crippen LogP) is 0.376. The van der Waals surface area contributed by atoms with Gasteiger partial charge in [-0.05, 0) is 32.2 Å². The van der Waals surface area contributed by atoms with Crippen LogP contribution in [0, 0.1) is 0 Å². The molecule has 2 heterocycles. The average Bonchev–Trinajstić information content (AvgIpc) is 2.82. The fourth-order valence-corrected chi connectivity index (χ4v) is 2.43. The number of amides is 1. The first-order valence-corrected chi connectivity index (χ1v) is 5.86. The normalized spacial score (nSPS) is 28.3. The SMILES string of the molecule is COC1CCN(C(=O)[C@H]2CCCN2)CC1. The number of hydrogen-bond donors (Lipinski definition) is 1. The molecule has 0 bridgehead atoms. The largest absolute Gasteiger partial charge is 0.381 e. The molecule has 1 amide bonds. The molecular weight excluding hydrogens is 192 g/mol. The third-order valence-corrected chi connectivity index (χ3v) is 3.45. The van der Waals surface area contributed by atoms with Crippen molar-refractivity contribution < 1.29 is 9.53 Å². The standard InChI is InChI=1S/C11H20N2O2/c1-15-9-4-7-13(8-5-9)11(14)10-3-2-6-12-10/h9-10,12H,2-8H2,1H3/t10-/m1/s1. The molecule has 4 heteroatoms. The summed E-state index contributed by atoms with van der Waals surface area (Å²) in [6.07, 6.45) is 4.45. The van der Waals surface area contributed by atoms with Crippen molar-refractivity contribution in [1.29, 1.82) is 0 Å². The summed E-state index contributed by atoms with van der Waals surface area (Å²) < 4.78 is 5.29. The van der Waals surface area contributed by atoms with Crippen molar-refractivity contribution in [2.75, 3.05) is 26.7 Å². The minimum Gasteiger partial charge on any atom is -0.381 e. The summed E-state index contributed by atoms with van der Waals surface area (Å²) in [7, 11) is 1.75. The van der Waals surface area contributed by atoms with Crippen molar-refractivity contribution in [2.24, 2.45) is 0 Å². The van der Waals surface area contributed by atoms with Gasteiger partial charge in [0.2, 0.25) is 5.91 Å². The fraction of sp³-hybridized carbons (Fsp3) is 0.909. The lowest BCUT2D eigenvalue weighted by Gasteiger charge is -2.32. The van der Waals surface area contributed by atoms with E-state index in [1.165, 1.54) is 0 Å². The van der Waals surface area contributed by atoms with Gasteiger partial charge < -0.3 is 15.0 Å². The third-order valence-electron chi connectivity index (χ3n) is 3.45. The summed E-state index contributed by atoms with van der Waals surface area (Å²) >= 11 is 0. The molecule has 1 N–H and O–H groups in total. The van der Waals surface area contributed by atoms with Gasteiger partial charge in [0.1, 0.15) is 0 Å². The molecular formula is C11H20N2O2. The van der Waals surface area contributed by atoms with Crippen LogP contribution in [0.1, 0.15) is 25.7 Å². The summed E-state index contributed by atoms with van der Waals surface area (Å²) in [4.78, 5) is 14.0. The molecule has 2 fully saturated rings. The average molecular weight is 212 g/mol. The van der Waals surface area contributed by atoms with E-state index in [0.29, 0.717) is 12.0 Å². The number of piperidine rings is 1. The zero-order valence-electron chi connectivity index (χ0n) is 9.37. The molecule has 2 aliphatic rings. The van der Waals surface area contributed by atoms with E-state index < -0.39 is 0 Å². The van der Waals surface area contributed by atoms with E-state index in [1.54, 1.807) is 7.11 Å². The molecule has 0 aromatic carbocycles. The number of nitrogens with zero attached hydrogens (tertiary/aromatic N) is 1. The highest BCUT2D eigenvalue weighted by Gasteiger charge is 2.29. The first-order valence-electron chi connectivity index (χ1n) is 5.86. The molecule has 2 rings (SSSR count). The zero-order chi connectivity index (χ0) is 10.7. The van der Waals surface area contributed by atoms with Crippen molar-refractivity contribution in [3.8, 4) is 0 Å². The summed E-state index contributed by atoms with van der Waals surface area (Å²) in [5.41, 5.74) is 0. The van der Waals surface area contributed by atoms with Crippen molar-refractivity contribution in [3.05, 3.63) is 0 Å². The molecule has 0 aromatic rings. The molecule has 2 aliphatic heterocycles. The Morgan fingerprint density at radius 1 is 1.33 bits per heavy atom. The van der Waals surface area contributed by atoms with Crippen LogP contribution in [0.4, 0.5) is 0 Å². The monoisotopic (exact) mass is 212 g/mol. The second-order valence-corrected chi connectivity index (χ2v) is 4.41. The minimum absolute atomic E-state index is 0.0871. The number of ether oxygens (including phenoxy) is 1. The van der Waals surface area contributed by atoms with Gasteiger partial charge in [0.25, 0.3) is 0 Å². The Balaban J connectivity index is 1.81. The van der Waals surface area contributed by atoms with E-state index in [2.05, 4.69) is 5.32 Å². The van der Waals surface area contributed by atoms with Crippen molar-refractivity contribution >= 4 is 5.91 Å². The van der Waals surface area contributed by atoms with E-state index >= 15 is 0 Å². The molecule has 0 unspecified atom stereocenters. The van der Waals surface area contributed by atoms with Crippen LogP contribution in [0.2, 0.25) is 0 Å². The maximum Gasteiger partial charge on any atom is 0.239 e. The zero-order valence-corrected chi connectivity index (χ0v) is 9.37. The Labute approximate surface area is 91.0 Å². The minimum atomic E-state index is 0.0871. The molecule has 15 heavy (non-hydrogen) atoms. The second-order valence-electron chi connectivity index (χ2n) is 4.41. The molecule has 0 aliphatic carbocycles. The first-order chi connectivity index (χ1) is 7.31.